The molecule has 0 bridgehead atoms. The maximum atomic E-state index is 12.0. The van der Waals surface area contributed by atoms with Crippen molar-refractivity contribution in [3.63, 3.8) is 0 Å². The topological polar surface area (TPSA) is 77.0 Å². The molecule has 0 radical (unpaired) electrons. The van der Waals surface area contributed by atoms with Crippen molar-refractivity contribution in [2.24, 2.45) is 0 Å². The van der Waals surface area contributed by atoms with E-state index in [0.29, 0.717) is 16.8 Å². The number of pyridine rings is 1. The molecule has 2 aliphatic carbocycles. The number of methoxy groups -OCH3 is 1. The maximum Gasteiger partial charge on any atom is 0.358 e. The number of halogens is 2. The standard InChI is InChI=1S/C17H16Cl2N4O2/c1-25-16(24)13-12(19)15(22-14(21-13)9-2-3-9)23-17(6-7-17)10-4-5-11(18)20-8-10/h4-5,8-9H,2-3,6-7H2,1H3,(H,21,22,23). The quantitative estimate of drug-likeness (QED) is 0.626. The molecule has 0 aliphatic heterocycles. The van der Waals surface area contributed by atoms with E-state index in [1.54, 1.807) is 12.3 Å². The molecule has 0 amide bonds. The predicted octanol–water partition coefficient (Wildman–Crippen LogP) is 3.94. The van der Waals surface area contributed by atoms with Gasteiger partial charge in [0.15, 0.2) is 5.69 Å². The molecule has 6 nitrogen and oxygen atoms in total. The minimum absolute atomic E-state index is 0.105. The van der Waals surface area contributed by atoms with Crippen LogP contribution in [0.4, 0.5) is 5.82 Å². The molecule has 2 aromatic heterocycles. The SMILES string of the molecule is COC(=O)c1nc(C2CC2)nc(NC2(c3ccc(Cl)nc3)CC2)c1Cl. The number of ether oxygens (including phenoxy) is 1. The molecular formula is C17H16Cl2N4O2. The molecule has 4 rings (SSSR count). The van der Waals surface area contributed by atoms with Gasteiger partial charge >= 0.3 is 5.97 Å². The minimum Gasteiger partial charge on any atom is -0.464 e. The summed E-state index contributed by atoms with van der Waals surface area (Å²) < 4.78 is 4.80. The molecule has 2 heterocycles. The van der Waals surface area contributed by atoms with Crippen LogP contribution in [0.3, 0.4) is 0 Å². The Morgan fingerprint density at radius 3 is 2.60 bits per heavy atom. The first kappa shape index (κ1) is 16.5. The Labute approximate surface area is 154 Å². The van der Waals surface area contributed by atoms with Crippen LogP contribution in [0.5, 0.6) is 0 Å². The zero-order valence-electron chi connectivity index (χ0n) is 13.6. The first-order chi connectivity index (χ1) is 12.0. The number of esters is 1. The highest BCUT2D eigenvalue weighted by atomic mass is 35.5. The van der Waals surface area contributed by atoms with Gasteiger partial charge in [-0.25, -0.2) is 19.7 Å². The second-order valence-corrected chi connectivity index (χ2v) is 7.20. The number of hydrogen-bond acceptors (Lipinski definition) is 6. The lowest BCUT2D eigenvalue weighted by Crippen LogP contribution is -2.22. The van der Waals surface area contributed by atoms with Crippen LogP contribution in [0.2, 0.25) is 10.2 Å². The molecule has 2 fully saturated rings. The van der Waals surface area contributed by atoms with Gasteiger partial charge in [-0.05, 0) is 37.3 Å². The van der Waals surface area contributed by atoms with Crippen LogP contribution in [-0.4, -0.2) is 28.0 Å². The number of nitrogens with one attached hydrogen (secondary N) is 1. The van der Waals surface area contributed by atoms with Crippen LogP contribution in [0.25, 0.3) is 0 Å². The number of carbonyl (C=O) groups excluding carboxylic acids is 1. The summed E-state index contributed by atoms with van der Waals surface area (Å²) in [4.78, 5) is 25.1. The van der Waals surface area contributed by atoms with Gasteiger partial charge < -0.3 is 10.1 Å². The minimum atomic E-state index is -0.560. The van der Waals surface area contributed by atoms with Crippen LogP contribution in [0.1, 0.15) is 53.5 Å². The molecular weight excluding hydrogens is 363 g/mol. The third-order valence-corrected chi connectivity index (χ3v) is 5.16. The summed E-state index contributed by atoms with van der Waals surface area (Å²) >= 11 is 12.3. The van der Waals surface area contributed by atoms with E-state index in [-0.39, 0.29) is 22.2 Å². The Hall–Kier alpha value is -1.92. The molecule has 130 valence electrons. The number of aromatic nitrogens is 3. The van der Waals surface area contributed by atoms with Gasteiger partial charge in [-0.1, -0.05) is 29.3 Å². The average molecular weight is 379 g/mol. The summed E-state index contributed by atoms with van der Waals surface area (Å²) in [6, 6.07) is 3.70. The van der Waals surface area contributed by atoms with Gasteiger partial charge in [-0.3, -0.25) is 0 Å². The van der Waals surface area contributed by atoms with E-state index in [0.717, 1.165) is 31.2 Å². The van der Waals surface area contributed by atoms with E-state index in [1.807, 2.05) is 6.07 Å². The van der Waals surface area contributed by atoms with Gasteiger partial charge in [-0.2, -0.15) is 0 Å². The van der Waals surface area contributed by atoms with E-state index in [1.165, 1.54) is 7.11 Å². The normalized spacial score (nSPS) is 17.9. The Bertz CT molecular complexity index is 833. The summed E-state index contributed by atoms with van der Waals surface area (Å²) in [7, 11) is 1.31. The van der Waals surface area contributed by atoms with Crippen LogP contribution in [-0.2, 0) is 10.3 Å². The second-order valence-electron chi connectivity index (χ2n) is 6.44. The van der Waals surface area contributed by atoms with Crippen LogP contribution in [0, 0.1) is 0 Å². The summed E-state index contributed by atoms with van der Waals surface area (Å²) in [5.74, 6) is 0.827. The zero-order valence-corrected chi connectivity index (χ0v) is 15.1. The van der Waals surface area contributed by atoms with Crippen molar-refractivity contribution >= 4 is 35.0 Å². The Morgan fingerprint density at radius 2 is 2.04 bits per heavy atom. The van der Waals surface area contributed by atoms with Gasteiger partial charge in [0.25, 0.3) is 0 Å². The fraction of sp³-hybridized carbons (Fsp3) is 0.412. The molecule has 8 heteroatoms. The number of hydrogen-bond donors (Lipinski definition) is 1. The van der Waals surface area contributed by atoms with Crippen LogP contribution < -0.4 is 5.32 Å². The van der Waals surface area contributed by atoms with Gasteiger partial charge in [0.2, 0.25) is 0 Å². The summed E-state index contributed by atoms with van der Waals surface area (Å²) in [5.41, 5.74) is 0.830. The van der Waals surface area contributed by atoms with Crippen molar-refractivity contribution in [3.05, 3.63) is 45.6 Å². The molecule has 0 unspecified atom stereocenters. The molecule has 0 atom stereocenters. The van der Waals surface area contributed by atoms with Gasteiger partial charge in [0, 0.05) is 12.1 Å². The molecule has 0 saturated heterocycles. The van der Waals surface area contributed by atoms with Crippen molar-refractivity contribution in [2.45, 2.75) is 37.1 Å². The molecule has 2 aliphatic rings. The van der Waals surface area contributed by atoms with Gasteiger partial charge in [0.1, 0.15) is 21.8 Å². The second kappa shape index (κ2) is 6.11. The molecule has 2 saturated carbocycles. The fourth-order valence-electron chi connectivity index (χ4n) is 2.80. The van der Waals surface area contributed by atoms with Crippen molar-refractivity contribution < 1.29 is 9.53 Å². The molecule has 0 spiro atoms. The van der Waals surface area contributed by atoms with E-state index in [4.69, 9.17) is 27.9 Å². The van der Waals surface area contributed by atoms with Crippen LogP contribution >= 0.6 is 23.2 Å². The Balaban J connectivity index is 1.71. The first-order valence-electron chi connectivity index (χ1n) is 8.08. The van der Waals surface area contributed by atoms with E-state index < -0.39 is 5.97 Å². The lowest BCUT2D eigenvalue weighted by atomic mass is 10.1. The van der Waals surface area contributed by atoms with Gasteiger partial charge in [0.05, 0.1) is 12.6 Å². The van der Waals surface area contributed by atoms with Crippen molar-refractivity contribution in [2.75, 3.05) is 12.4 Å². The molecule has 25 heavy (non-hydrogen) atoms. The van der Waals surface area contributed by atoms with Crippen molar-refractivity contribution in [1.82, 2.24) is 15.0 Å². The summed E-state index contributed by atoms with van der Waals surface area (Å²) in [5, 5.41) is 4.03. The lowest BCUT2D eigenvalue weighted by molar-refractivity contribution is 0.0593. The predicted molar refractivity (Wildman–Crippen MR) is 94.1 cm³/mol. The third-order valence-electron chi connectivity index (χ3n) is 4.58. The number of anilines is 1. The lowest BCUT2D eigenvalue weighted by Gasteiger charge is -2.20. The first-order valence-corrected chi connectivity index (χ1v) is 8.84. The largest absolute Gasteiger partial charge is 0.464 e. The highest BCUT2D eigenvalue weighted by Gasteiger charge is 2.46. The number of rotatable bonds is 5. The highest BCUT2D eigenvalue weighted by molar-refractivity contribution is 6.35. The fourth-order valence-corrected chi connectivity index (χ4v) is 3.12. The summed E-state index contributed by atoms with van der Waals surface area (Å²) in [6.07, 6.45) is 5.63. The summed E-state index contributed by atoms with van der Waals surface area (Å²) in [6.45, 7) is 0. The van der Waals surface area contributed by atoms with Gasteiger partial charge in [-0.15, -0.1) is 0 Å². The Kier molecular flexibility index (Phi) is 4.04. The van der Waals surface area contributed by atoms with Crippen LogP contribution in [0.15, 0.2) is 18.3 Å². The number of carbonyl (C=O) groups is 1. The van der Waals surface area contributed by atoms with Crippen molar-refractivity contribution in [1.29, 1.82) is 0 Å². The molecule has 2 aromatic rings. The van der Waals surface area contributed by atoms with E-state index >= 15 is 0 Å². The zero-order chi connectivity index (χ0) is 17.6. The molecule has 0 aromatic carbocycles. The number of nitrogens with zero attached hydrogens (tertiary/aromatic N) is 3. The average Bonchev–Trinajstić information content (AvgIpc) is 3.51. The highest BCUT2D eigenvalue weighted by Crippen LogP contribution is 2.49. The van der Waals surface area contributed by atoms with Crippen molar-refractivity contribution in [3.8, 4) is 0 Å². The maximum absolute atomic E-state index is 12.0. The van der Waals surface area contributed by atoms with E-state index in [2.05, 4.69) is 20.3 Å². The van der Waals surface area contributed by atoms with E-state index in [9.17, 15) is 4.79 Å². The monoisotopic (exact) mass is 378 g/mol. The smallest absolute Gasteiger partial charge is 0.358 e. The Morgan fingerprint density at radius 1 is 1.28 bits per heavy atom. The third kappa shape index (κ3) is 3.16. The molecule has 1 N–H and O–H groups in total.